The van der Waals surface area contributed by atoms with Gasteiger partial charge in [0.2, 0.25) is 5.89 Å². The van der Waals surface area contributed by atoms with Crippen molar-refractivity contribution in [3.8, 4) is 11.5 Å². The zero-order chi connectivity index (χ0) is 17.8. The van der Waals surface area contributed by atoms with Crippen LogP contribution in [0.1, 0.15) is 36.0 Å². The van der Waals surface area contributed by atoms with Crippen LogP contribution >= 0.6 is 0 Å². The Morgan fingerprint density at radius 3 is 2.80 bits per heavy atom. The van der Waals surface area contributed by atoms with E-state index in [2.05, 4.69) is 11.9 Å². The Morgan fingerprint density at radius 2 is 2.08 bits per heavy atom. The summed E-state index contributed by atoms with van der Waals surface area (Å²) < 4.78 is 10.7. The summed E-state index contributed by atoms with van der Waals surface area (Å²) in [5.41, 5.74) is 0.890. The number of ether oxygens (including phenoxy) is 1. The number of carbonyl (C=O) groups excluding carboxylic acids is 2. The van der Waals surface area contributed by atoms with Gasteiger partial charge in [-0.2, -0.15) is 0 Å². The zero-order valence-corrected chi connectivity index (χ0v) is 14.5. The molecule has 2 aromatic rings. The molecule has 1 aromatic carbocycles. The molecule has 0 saturated carbocycles. The van der Waals surface area contributed by atoms with E-state index in [-0.39, 0.29) is 18.2 Å². The van der Waals surface area contributed by atoms with Crippen molar-refractivity contribution in [3.05, 3.63) is 41.8 Å². The van der Waals surface area contributed by atoms with Gasteiger partial charge in [-0.3, -0.25) is 4.79 Å². The first-order valence-corrected chi connectivity index (χ1v) is 8.52. The van der Waals surface area contributed by atoms with Crippen molar-refractivity contribution >= 4 is 11.9 Å². The summed E-state index contributed by atoms with van der Waals surface area (Å²) in [5.74, 6) is 0.426. The van der Waals surface area contributed by atoms with Crippen LogP contribution in [-0.2, 0) is 9.53 Å². The lowest BCUT2D eigenvalue weighted by Crippen LogP contribution is -2.41. The molecule has 1 atom stereocenters. The predicted octanol–water partition coefficient (Wildman–Crippen LogP) is 3.07. The SMILES string of the molecule is Cc1oc(-c2ccccc2)nc1C(=O)OCC(=O)N1CCCC(C)C1. The third-order valence-corrected chi connectivity index (χ3v) is 4.35. The van der Waals surface area contributed by atoms with Crippen LogP contribution in [0.3, 0.4) is 0 Å². The number of hydrogen-bond donors (Lipinski definition) is 0. The number of hydrogen-bond acceptors (Lipinski definition) is 5. The fourth-order valence-electron chi connectivity index (χ4n) is 2.99. The van der Waals surface area contributed by atoms with E-state index in [4.69, 9.17) is 9.15 Å². The molecule has 1 fully saturated rings. The van der Waals surface area contributed by atoms with Crippen LogP contribution in [0.5, 0.6) is 0 Å². The van der Waals surface area contributed by atoms with Crippen LogP contribution in [0, 0.1) is 12.8 Å². The maximum Gasteiger partial charge on any atom is 0.361 e. The van der Waals surface area contributed by atoms with E-state index < -0.39 is 5.97 Å². The summed E-state index contributed by atoms with van der Waals surface area (Å²) in [4.78, 5) is 30.4. The third kappa shape index (κ3) is 4.07. The number of piperidine rings is 1. The normalized spacial score (nSPS) is 17.4. The molecule has 1 aromatic heterocycles. The minimum absolute atomic E-state index is 0.110. The Morgan fingerprint density at radius 1 is 1.32 bits per heavy atom. The molecule has 6 heteroatoms. The second-order valence-electron chi connectivity index (χ2n) is 6.45. The first kappa shape index (κ1) is 17.2. The Hall–Kier alpha value is -2.63. The minimum Gasteiger partial charge on any atom is -0.451 e. The van der Waals surface area contributed by atoms with Crippen LogP contribution in [0.25, 0.3) is 11.5 Å². The predicted molar refractivity (Wildman–Crippen MR) is 91.9 cm³/mol. The van der Waals surface area contributed by atoms with E-state index >= 15 is 0 Å². The fraction of sp³-hybridized carbons (Fsp3) is 0.421. The Balaban J connectivity index is 1.62. The number of carbonyl (C=O) groups is 2. The maximum atomic E-state index is 12.2. The van der Waals surface area contributed by atoms with Gasteiger partial charge >= 0.3 is 5.97 Å². The van der Waals surface area contributed by atoms with Crippen LogP contribution < -0.4 is 0 Å². The Bertz CT molecular complexity index is 754. The first-order chi connectivity index (χ1) is 12.0. The van der Waals surface area contributed by atoms with Gasteiger partial charge in [-0.1, -0.05) is 25.1 Å². The molecule has 1 aliphatic rings. The van der Waals surface area contributed by atoms with Crippen molar-refractivity contribution in [2.24, 2.45) is 5.92 Å². The number of nitrogens with zero attached hydrogens (tertiary/aromatic N) is 2. The second-order valence-corrected chi connectivity index (χ2v) is 6.45. The molecule has 0 aliphatic carbocycles. The highest BCUT2D eigenvalue weighted by atomic mass is 16.5. The van der Waals surface area contributed by atoms with Crippen LogP contribution in [0.15, 0.2) is 34.7 Å². The van der Waals surface area contributed by atoms with E-state index in [1.165, 1.54) is 0 Å². The summed E-state index contributed by atoms with van der Waals surface area (Å²) >= 11 is 0. The molecule has 25 heavy (non-hydrogen) atoms. The van der Waals surface area contributed by atoms with E-state index in [0.29, 0.717) is 17.6 Å². The van der Waals surface area contributed by atoms with Gasteiger partial charge in [0, 0.05) is 18.7 Å². The molecule has 6 nitrogen and oxygen atoms in total. The Kier molecular flexibility index (Phi) is 5.16. The summed E-state index contributed by atoms with van der Waals surface area (Å²) in [6.45, 7) is 4.96. The number of likely N-dealkylation sites (tertiary alicyclic amines) is 1. The number of aromatic nitrogens is 1. The fourth-order valence-corrected chi connectivity index (χ4v) is 2.99. The topological polar surface area (TPSA) is 72.6 Å². The standard InChI is InChI=1S/C19H22N2O4/c1-13-7-6-10-21(11-13)16(22)12-24-19(23)17-14(2)25-18(20-17)15-8-4-3-5-9-15/h3-5,8-9,13H,6-7,10-12H2,1-2H3. The number of aryl methyl sites for hydroxylation is 1. The number of amides is 1. The third-order valence-electron chi connectivity index (χ3n) is 4.35. The van der Waals surface area contributed by atoms with Gasteiger partial charge < -0.3 is 14.1 Å². The average molecular weight is 342 g/mol. The van der Waals surface area contributed by atoms with Crippen LogP contribution in [0.4, 0.5) is 0 Å². The van der Waals surface area contributed by atoms with Gasteiger partial charge in [-0.25, -0.2) is 9.78 Å². The molecule has 0 radical (unpaired) electrons. The lowest BCUT2D eigenvalue weighted by molar-refractivity contribution is -0.136. The van der Waals surface area contributed by atoms with Crippen molar-refractivity contribution in [3.63, 3.8) is 0 Å². The molecule has 1 saturated heterocycles. The van der Waals surface area contributed by atoms with Crippen LogP contribution in [0.2, 0.25) is 0 Å². The van der Waals surface area contributed by atoms with Gasteiger partial charge in [0.05, 0.1) is 0 Å². The lowest BCUT2D eigenvalue weighted by atomic mass is 10.0. The molecule has 0 N–H and O–H groups in total. The van der Waals surface area contributed by atoms with E-state index in [1.807, 2.05) is 30.3 Å². The van der Waals surface area contributed by atoms with Crippen molar-refractivity contribution in [1.29, 1.82) is 0 Å². The van der Waals surface area contributed by atoms with Crippen molar-refractivity contribution in [2.45, 2.75) is 26.7 Å². The smallest absolute Gasteiger partial charge is 0.361 e. The number of oxazole rings is 1. The summed E-state index contributed by atoms with van der Waals surface area (Å²) in [7, 11) is 0. The molecule has 1 unspecified atom stereocenters. The van der Waals surface area contributed by atoms with Crippen molar-refractivity contribution < 1.29 is 18.7 Å². The first-order valence-electron chi connectivity index (χ1n) is 8.52. The highest BCUT2D eigenvalue weighted by molar-refractivity contribution is 5.91. The molecule has 132 valence electrons. The minimum atomic E-state index is -0.637. The maximum absolute atomic E-state index is 12.2. The molecule has 1 amide bonds. The molecule has 2 heterocycles. The van der Waals surface area contributed by atoms with E-state index in [9.17, 15) is 9.59 Å². The van der Waals surface area contributed by atoms with Gasteiger partial charge in [0.1, 0.15) is 5.76 Å². The summed E-state index contributed by atoms with van der Waals surface area (Å²) in [5, 5.41) is 0. The number of benzene rings is 1. The largest absolute Gasteiger partial charge is 0.451 e. The van der Waals surface area contributed by atoms with Crippen molar-refractivity contribution in [1.82, 2.24) is 9.88 Å². The van der Waals surface area contributed by atoms with Crippen LogP contribution in [-0.4, -0.2) is 41.5 Å². The molecule has 0 bridgehead atoms. The van der Waals surface area contributed by atoms with Gasteiger partial charge in [0.15, 0.2) is 12.3 Å². The van der Waals surface area contributed by atoms with Gasteiger partial charge in [0.25, 0.3) is 5.91 Å². The summed E-state index contributed by atoms with van der Waals surface area (Å²) in [6.07, 6.45) is 2.12. The quantitative estimate of drug-likeness (QED) is 0.799. The average Bonchev–Trinajstić information content (AvgIpc) is 3.02. The zero-order valence-electron chi connectivity index (χ0n) is 14.5. The molecule has 3 rings (SSSR count). The van der Waals surface area contributed by atoms with Crippen molar-refractivity contribution in [2.75, 3.05) is 19.7 Å². The van der Waals surface area contributed by atoms with Gasteiger partial charge in [-0.15, -0.1) is 0 Å². The lowest BCUT2D eigenvalue weighted by Gasteiger charge is -2.30. The molecule has 0 spiro atoms. The van der Waals surface area contributed by atoms with Gasteiger partial charge in [-0.05, 0) is 37.8 Å². The summed E-state index contributed by atoms with van der Waals surface area (Å²) in [6, 6.07) is 9.32. The second kappa shape index (κ2) is 7.51. The molecule has 1 aliphatic heterocycles. The number of rotatable bonds is 4. The monoisotopic (exact) mass is 342 g/mol. The molecular formula is C19H22N2O4. The van der Waals surface area contributed by atoms with E-state index in [0.717, 1.165) is 31.5 Å². The van der Waals surface area contributed by atoms with E-state index in [1.54, 1.807) is 11.8 Å². The number of esters is 1. The highest BCUT2D eigenvalue weighted by Gasteiger charge is 2.24. The highest BCUT2D eigenvalue weighted by Crippen LogP contribution is 2.22. The Labute approximate surface area is 146 Å². The molecular weight excluding hydrogens is 320 g/mol.